The van der Waals surface area contributed by atoms with Gasteiger partial charge in [0.1, 0.15) is 11.6 Å². The zero-order valence-corrected chi connectivity index (χ0v) is 11.4. The number of aromatic amines is 1. The van der Waals surface area contributed by atoms with Gasteiger partial charge in [0.15, 0.2) is 4.77 Å². The maximum absolute atomic E-state index is 13.6. The number of nitrogens with one attached hydrogen (secondary N) is 1. The molecule has 1 N–H and O–H groups in total. The lowest BCUT2D eigenvalue weighted by molar-refractivity contribution is 0.594. The van der Waals surface area contributed by atoms with E-state index in [9.17, 15) is 8.78 Å². The average molecular weight is 290 g/mol. The van der Waals surface area contributed by atoms with Crippen LogP contribution in [-0.4, -0.2) is 9.55 Å². The fraction of sp³-hybridized carbons (Fsp3) is 0.133. The first kappa shape index (κ1) is 13.0. The Bertz CT molecular complexity index is 820. The van der Waals surface area contributed by atoms with Crippen LogP contribution in [0.2, 0.25) is 0 Å². The molecule has 102 valence electrons. The van der Waals surface area contributed by atoms with E-state index >= 15 is 0 Å². The molecule has 2 nitrogen and oxygen atoms in total. The van der Waals surface area contributed by atoms with Gasteiger partial charge in [0, 0.05) is 6.54 Å². The summed E-state index contributed by atoms with van der Waals surface area (Å²) in [4.78, 5) is 3.02. The molecule has 3 rings (SSSR count). The van der Waals surface area contributed by atoms with Crippen LogP contribution in [0, 0.1) is 16.4 Å². The summed E-state index contributed by atoms with van der Waals surface area (Å²) in [5.74, 6) is -0.545. The molecule has 20 heavy (non-hydrogen) atoms. The molecule has 3 aromatic rings. The highest BCUT2D eigenvalue weighted by molar-refractivity contribution is 7.71. The summed E-state index contributed by atoms with van der Waals surface area (Å²) in [7, 11) is 0. The van der Waals surface area contributed by atoms with E-state index in [1.807, 2.05) is 0 Å². The highest BCUT2D eigenvalue weighted by Gasteiger charge is 2.07. The molecule has 1 heterocycles. The Balaban J connectivity index is 1.95. The first-order chi connectivity index (χ1) is 9.65. The molecule has 0 aliphatic heterocycles. The van der Waals surface area contributed by atoms with Crippen LogP contribution in [0.1, 0.15) is 5.56 Å². The number of rotatable bonds is 3. The average Bonchev–Trinajstić information content (AvgIpc) is 2.73. The Labute approximate surface area is 119 Å². The Morgan fingerprint density at radius 1 is 1.10 bits per heavy atom. The normalized spacial score (nSPS) is 11.1. The van der Waals surface area contributed by atoms with Crippen molar-refractivity contribution in [1.82, 2.24) is 9.55 Å². The molecule has 0 unspecified atom stereocenters. The molecule has 0 saturated heterocycles. The number of halogens is 2. The largest absolute Gasteiger partial charge is 0.331 e. The van der Waals surface area contributed by atoms with E-state index in [1.165, 1.54) is 18.2 Å². The smallest absolute Gasteiger partial charge is 0.178 e. The van der Waals surface area contributed by atoms with Gasteiger partial charge in [0.05, 0.1) is 11.0 Å². The van der Waals surface area contributed by atoms with Crippen LogP contribution in [0.3, 0.4) is 0 Å². The summed E-state index contributed by atoms with van der Waals surface area (Å²) in [6.45, 7) is 0.503. The Morgan fingerprint density at radius 2 is 1.90 bits per heavy atom. The van der Waals surface area contributed by atoms with Crippen LogP contribution < -0.4 is 0 Å². The molecule has 0 saturated carbocycles. The van der Waals surface area contributed by atoms with Gasteiger partial charge in [0.2, 0.25) is 0 Å². The number of H-pyrrole nitrogens is 1. The molecule has 5 heteroatoms. The first-order valence-corrected chi connectivity index (χ1v) is 6.67. The van der Waals surface area contributed by atoms with Gasteiger partial charge >= 0.3 is 0 Å². The van der Waals surface area contributed by atoms with Gasteiger partial charge in [-0.05, 0) is 48.5 Å². The van der Waals surface area contributed by atoms with Crippen molar-refractivity contribution in [2.45, 2.75) is 13.0 Å². The zero-order valence-electron chi connectivity index (χ0n) is 10.6. The molecule has 0 amide bonds. The molecule has 0 bridgehead atoms. The predicted molar refractivity (Wildman–Crippen MR) is 77.2 cm³/mol. The van der Waals surface area contributed by atoms with Crippen LogP contribution in [0.25, 0.3) is 11.0 Å². The van der Waals surface area contributed by atoms with Gasteiger partial charge in [0.25, 0.3) is 0 Å². The second-order valence-corrected chi connectivity index (χ2v) is 4.97. The number of benzene rings is 2. The van der Waals surface area contributed by atoms with Gasteiger partial charge < -0.3 is 9.55 Å². The molecular formula is C15H12F2N2S. The van der Waals surface area contributed by atoms with Crippen molar-refractivity contribution in [2.24, 2.45) is 0 Å². The fourth-order valence-corrected chi connectivity index (χ4v) is 2.58. The summed E-state index contributed by atoms with van der Waals surface area (Å²) >= 11 is 5.24. The third-order valence-electron chi connectivity index (χ3n) is 3.30. The van der Waals surface area contributed by atoms with E-state index in [4.69, 9.17) is 12.2 Å². The maximum Gasteiger partial charge on any atom is 0.178 e. The summed E-state index contributed by atoms with van der Waals surface area (Å²) in [5.41, 5.74) is 2.11. The van der Waals surface area contributed by atoms with Crippen LogP contribution >= 0.6 is 12.2 Å². The number of hydrogen-bond acceptors (Lipinski definition) is 1. The quantitative estimate of drug-likeness (QED) is 0.716. The summed E-state index contributed by atoms with van der Waals surface area (Å²) in [5, 5.41) is 0. The number of aryl methyl sites for hydroxylation is 2. The molecular weight excluding hydrogens is 278 g/mol. The van der Waals surface area contributed by atoms with Crippen LogP contribution in [-0.2, 0) is 13.0 Å². The minimum absolute atomic E-state index is 0.231. The minimum atomic E-state index is -0.314. The fourth-order valence-electron chi connectivity index (χ4n) is 2.28. The third kappa shape index (κ3) is 2.36. The van der Waals surface area contributed by atoms with Crippen molar-refractivity contribution < 1.29 is 8.78 Å². The van der Waals surface area contributed by atoms with E-state index < -0.39 is 0 Å². The second-order valence-electron chi connectivity index (χ2n) is 4.58. The zero-order chi connectivity index (χ0) is 14.1. The summed E-state index contributed by atoms with van der Waals surface area (Å²) in [6, 6.07) is 11.1. The Kier molecular flexibility index (Phi) is 3.36. The lowest BCUT2D eigenvalue weighted by atomic mass is 10.1. The Morgan fingerprint density at radius 3 is 2.70 bits per heavy atom. The van der Waals surface area contributed by atoms with E-state index in [2.05, 4.69) is 4.98 Å². The van der Waals surface area contributed by atoms with E-state index in [1.54, 1.807) is 28.8 Å². The number of fused-ring (bicyclic) bond motifs is 1. The molecule has 0 atom stereocenters. The topological polar surface area (TPSA) is 20.7 Å². The van der Waals surface area contributed by atoms with Gasteiger partial charge in [-0.3, -0.25) is 0 Å². The number of imidazole rings is 1. The van der Waals surface area contributed by atoms with Crippen LogP contribution in [0.5, 0.6) is 0 Å². The molecule has 0 aliphatic rings. The minimum Gasteiger partial charge on any atom is -0.331 e. The van der Waals surface area contributed by atoms with Gasteiger partial charge in [-0.2, -0.15) is 0 Å². The summed E-state index contributed by atoms with van der Waals surface area (Å²) < 4.78 is 29.2. The van der Waals surface area contributed by atoms with Gasteiger partial charge in [-0.1, -0.05) is 18.2 Å². The van der Waals surface area contributed by atoms with Crippen molar-refractivity contribution in [3.63, 3.8) is 0 Å². The van der Waals surface area contributed by atoms with E-state index in [-0.39, 0.29) is 11.6 Å². The molecule has 1 aromatic heterocycles. The highest BCUT2D eigenvalue weighted by atomic mass is 32.1. The van der Waals surface area contributed by atoms with Crippen molar-refractivity contribution >= 4 is 23.3 Å². The number of hydrogen-bond donors (Lipinski definition) is 1. The van der Waals surface area contributed by atoms with Crippen molar-refractivity contribution in [2.75, 3.05) is 0 Å². The third-order valence-corrected chi connectivity index (χ3v) is 3.62. The lowest BCUT2D eigenvalue weighted by Gasteiger charge is -2.06. The number of nitrogens with zero attached hydrogens (tertiary/aromatic N) is 1. The molecule has 0 aliphatic carbocycles. The van der Waals surface area contributed by atoms with Crippen molar-refractivity contribution in [3.05, 3.63) is 64.4 Å². The van der Waals surface area contributed by atoms with Crippen LogP contribution in [0.15, 0.2) is 42.5 Å². The van der Waals surface area contributed by atoms with Gasteiger partial charge in [-0.25, -0.2) is 8.78 Å². The van der Waals surface area contributed by atoms with E-state index in [0.717, 1.165) is 5.52 Å². The number of aromatic nitrogens is 2. The van der Waals surface area contributed by atoms with Crippen LogP contribution in [0.4, 0.5) is 8.78 Å². The monoisotopic (exact) mass is 290 g/mol. The maximum atomic E-state index is 13.6. The van der Waals surface area contributed by atoms with Crippen molar-refractivity contribution in [3.8, 4) is 0 Å². The summed E-state index contributed by atoms with van der Waals surface area (Å²) in [6.07, 6.45) is 0.504. The SMILES string of the molecule is Fc1ccc2[nH]c(=S)n(CCc3ccccc3F)c2c1. The Hall–Kier alpha value is -2.01. The second kappa shape index (κ2) is 5.17. The molecule has 0 fully saturated rings. The first-order valence-electron chi connectivity index (χ1n) is 6.26. The predicted octanol–water partition coefficient (Wildman–Crippen LogP) is 4.22. The molecule has 2 aromatic carbocycles. The van der Waals surface area contributed by atoms with Crippen molar-refractivity contribution in [1.29, 1.82) is 0 Å². The lowest BCUT2D eigenvalue weighted by Crippen LogP contribution is -2.03. The standard InChI is InChI=1S/C15H12F2N2S/c16-11-5-6-13-14(9-11)19(15(20)18-13)8-7-10-3-1-2-4-12(10)17/h1-6,9H,7-8H2,(H,18,20). The molecule has 0 radical (unpaired) electrons. The van der Waals surface area contributed by atoms with E-state index in [0.29, 0.717) is 28.8 Å². The highest BCUT2D eigenvalue weighted by Crippen LogP contribution is 2.17. The molecule has 0 spiro atoms. The van der Waals surface area contributed by atoms with Gasteiger partial charge in [-0.15, -0.1) is 0 Å².